The second-order valence-corrected chi connectivity index (χ2v) is 4.43. The number of hydrogen-bond acceptors (Lipinski definition) is 4. The van der Waals surface area contributed by atoms with Crippen LogP contribution >= 0.6 is 0 Å². The van der Waals surface area contributed by atoms with Crippen molar-refractivity contribution in [1.29, 1.82) is 5.26 Å². The Bertz CT molecular complexity index is 505. The number of benzene rings is 1. The topological polar surface area (TPSA) is 99.4 Å². The van der Waals surface area contributed by atoms with Gasteiger partial charge in [0.15, 0.2) is 6.61 Å². The standard InChI is InChI=1S/C14H16N2O4/c1-10(9-14(18)19)8-13(17)16-11-2-4-12(5-3-11)20-7-6-15/h2-5,10H,7-9H2,1H3,(H,16,17)(H,18,19). The number of nitrogens with zero attached hydrogens (tertiary/aromatic N) is 1. The van der Waals surface area contributed by atoms with Crippen molar-refractivity contribution in [2.24, 2.45) is 5.92 Å². The first kappa shape index (κ1) is 15.5. The van der Waals surface area contributed by atoms with Crippen LogP contribution in [0, 0.1) is 17.2 Å². The van der Waals surface area contributed by atoms with E-state index in [0.29, 0.717) is 11.4 Å². The Kier molecular flexibility index (Phi) is 6.04. The molecule has 0 aliphatic rings. The van der Waals surface area contributed by atoms with Gasteiger partial charge in [-0.3, -0.25) is 9.59 Å². The first-order valence-corrected chi connectivity index (χ1v) is 6.12. The zero-order valence-electron chi connectivity index (χ0n) is 11.1. The van der Waals surface area contributed by atoms with E-state index in [1.54, 1.807) is 31.2 Å². The Morgan fingerprint density at radius 3 is 2.55 bits per heavy atom. The molecule has 0 aliphatic heterocycles. The van der Waals surface area contributed by atoms with Crippen LogP contribution < -0.4 is 10.1 Å². The molecule has 0 fully saturated rings. The lowest BCUT2D eigenvalue weighted by Gasteiger charge is -2.10. The highest BCUT2D eigenvalue weighted by Crippen LogP contribution is 2.16. The van der Waals surface area contributed by atoms with Crippen molar-refractivity contribution >= 4 is 17.6 Å². The summed E-state index contributed by atoms with van der Waals surface area (Å²) in [5, 5.41) is 19.7. The molecule has 1 aromatic carbocycles. The van der Waals surface area contributed by atoms with E-state index in [1.165, 1.54) is 0 Å². The number of anilines is 1. The lowest BCUT2D eigenvalue weighted by molar-refractivity contribution is -0.138. The van der Waals surface area contributed by atoms with Crippen LogP contribution in [0.4, 0.5) is 5.69 Å². The molecule has 2 N–H and O–H groups in total. The van der Waals surface area contributed by atoms with E-state index in [9.17, 15) is 9.59 Å². The fourth-order valence-electron chi connectivity index (χ4n) is 1.65. The summed E-state index contributed by atoms with van der Waals surface area (Å²) in [6.07, 6.45) is 0.118. The molecule has 0 saturated heterocycles. The molecule has 0 spiro atoms. The minimum Gasteiger partial charge on any atom is -0.481 e. The summed E-state index contributed by atoms with van der Waals surface area (Å²) < 4.78 is 5.08. The maximum Gasteiger partial charge on any atom is 0.303 e. The summed E-state index contributed by atoms with van der Waals surface area (Å²) in [5.41, 5.74) is 0.599. The Labute approximate surface area is 117 Å². The summed E-state index contributed by atoms with van der Waals surface area (Å²) in [7, 11) is 0. The van der Waals surface area contributed by atoms with E-state index < -0.39 is 5.97 Å². The molecule has 6 heteroatoms. The zero-order valence-corrected chi connectivity index (χ0v) is 11.1. The monoisotopic (exact) mass is 276 g/mol. The molecule has 1 atom stereocenters. The van der Waals surface area contributed by atoms with E-state index in [4.69, 9.17) is 15.1 Å². The van der Waals surface area contributed by atoms with Crippen LogP contribution in [0.15, 0.2) is 24.3 Å². The summed E-state index contributed by atoms with van der Waals surface area (Å²) in [4.78, 5) is 22.2. The molecule has 0 saturated carbocycles. The molecule has 0 radical (unpaired) electrons. The van der Waals surface area contributed by atoms with Gasteiger partial charge in [-0.25, -0.2) is 0 Å². The zero-order chi connectivity index (χ0) is 15.0. The number of aliphatic carboxylic acids is 1. The van der Waals surface area contributed by atoms with Crippen molar-refractivity contribution in [1.82, 2.24) is 0 Å². The lowest BCUT2D eigenvalue weighted by Crippen LogP contribution is -2.16. The molecule has 1 unspecified atom stereocenters. The number of ether oxygens (including phenoxy) is 1. The van der Waals surface area contributed by atoms with Gasteiger partial charge in [0, 0.05) is 18.5 Å². The van der Waals surface area contributed by atoms with Gasteiger partial charge in [0.1, 0.15) is 11.8 Å². The van der Waals surface area contributed by atoms with E-state index in [0.717, 1.165) is 0 Å². The van der Waals surface area contributed by atoms with Crippen LogP contribution in [0.1, 0.15) is 19.8 Å². The molecule has 1 aromatic rings. The Balaban J connectivity index is 2.46. The van der Waals surface area contributed by atoms with Crippen LogP contribution in [0.3, 0.4) is 0 Å². The second kappa shape index (κ2) is 7.79. The second-order valence-electron chi connectivity index (χ2n) is 4.43. The summed E-state index contributed by atoms with van der Waals surface area (Å²) in [6.45, 7) is 1.69. The molecular weight excluding hydrogens is 260 g/mol. The molecule has 20 heavy (non-hydrogen) atoms. The van der Waals surface area contributed by atoms with E-state index >= 15 is 0 Å². The summed E-state index contributed by atoms with van der Waals surface area (Å²) >= 11 is 0. The SMILES string of the molecule is CC(CC(=O)O)CC(=O)Nc1ccc(OCC#N)cc1. The third kappa shape index (κ3) is 5.87. The Hall–Kier alpha value is -2.55. The lowest BCUT2D eigenvalue weighted by atomic mass is 10.0. The van der Waals surface area contributed by atoms with Crippen LogP contribution in [0.5, 0.6) is 5.75 Å². The van der Waals surface area contributed by atoms with Crippen LogP contribution in [0.25, 0.3) is 0 Å². The quantitative estimate of drug-likeness (QED) is 0.793. The molecule has 6 nitrogen and oxygen atoms in total. The summed E-state index contributed by atoms with van der Waals surface area (Å²) in [6, 6.07) is 8.47. The predicted molar refractivity (Wildman–Crippen MR) is 72.2 cm³/mol. The molecule has 0 aliphatic carbocycles. The van der Waals surface area contributed by atoms with Gasteiger partial charge in [0.25, 0.3) is 0 Å². The minimum atomic E-state index is -0.913. The minimum absolute atomic E-state index is 0.0294. The molecule has 0 aromatic heterocycles. The van der Waals surface area contributed by atoms with Crippen molar-refractivity contribution in [2.45, 2.75) is 19.8 Å². The maximum absolute atomic E-state index is 11.7. The molecule has 106 valence electrons. The number of nitriles is 1. The van der Waals surface area contributed by atoms with Crippen LogP contribution in [0.2, 0.25) is 0 Å². The van der Waals surface area contributed by atoms with Gasteiger partial charge < -0.3 is 15.2 Å². The average Bonchev–Trinajstić information content (AvgIpc) is 2.36. The molecule has 0 heterocycles. The number of nitrogens with one attached hydrogen (secondary N) is 1. The molecule has 0 bridgehead atoms. The number of amides is 1. The number of hydrogen-bond donors (Lipinski definition) is 2. The van der Waals surface area contributed by atoms with Gasteiger partial charge >= 0.3 is 5.97 Å². The maximum atomic E-state index is 11.7. The van der Waals surface area contributed by atoms with Gasteiger partial charge in [-0.05, 0) is 30.2 Å². The van der Waals surface area contributed by atoms with Crippen molar-refractivity contribution in [3.63, 3.8) is 0 Å². The van der Waals surface area contributed by atoms with E-state index in [-0.39, 0.29) is 31.3 Å². The fourth-order valence-corrected chi connectivity index (χ4v) is 1.65. The smallest absolute Gasteiger partial charge is 0.303 e. The van der Waals surface area contributed by atoms with Gasteiger partial charge in [-0.15, -0.1) is 0 Å². The fraction of sp³-hybridized carbons (Fsp3) is 0.357. The van der Waals surface area contributed by atoms with Gasteiger partial charge in [-0.1, -0.05) is 6.92 Å². The van der Waals surface area contributed by atoms with Crippen LogP contribution in [-0.2, 0) is 9.59 Å². The molecular formula is C14H16N2O4. The largest absolute Gasteiger partial charge is 0.481 e. The number of carbonyl (C=O) groups excluding carboxylic acids is 1. The predicted octanol–water partition coefficient (Wildman–Crippen LogP) is 2.03. The van der Waals surface area contributed by atoms with Gasteiger partial charge in [0.05, 0.1) is 0 Å². The number of carboxylic acids is 1. The molecule has 1 rings (SSSR count). The first-order chi connectivity index (χ1) is 9.51. The highest BCUT2D eigenvalue weighted by atomic mass is 16.5. The van der Waals surface area contributed by atoms with E-state index in [1.807, 2.05) is 6.07 Å². The summed E-state index contributed by atoms with van der Waals surface area (Å²) in [5.74, 6) is -0.816. The number of carbonyl (C=O) groups is 2. The number of rotatable bonds is 7. The van der Waals surface area contributed by atoms with Crippen molar-refractivity contribution < 1.29 is 19.4 Å². The third-order valence-electron chi connectivity index (χ3n) is 2.50. The molecule has 1 amide bonds. The van der Waals surface area contributed by atoms with E-state index in [2.05, 4.69) is 5.32 Å². The van der Waals surface area contributed by atoms with Crippen molar-refractivity contribution in [3.8, 4) is 11.8 Å². The normalized spacial score (nSPS) is 11.2. The first-order valence-electron chi connectivity index (χ1n) is 6.12. The third-order valence-corrected chi connectivity index (χ3v) is 2.50. The number of carboxylic acid groups (broad SMARTS) is 1. The average molecular weight is 276 g/mol. The Morgan fingerprint density at radius 1 is 1.35 bits per heavy atom. The van der Waals surface area contributed by atoms with Crippen molar-refractivity contribution in [3.05, 3.63) is 24.3 Å². The highest BCUT2D eigenvalue weighted by Gasteiger charge is 2.12. The van der Waals surface area contributed by atoms with Gasteiger partial charge in [-0.2, -0.15) is 5.26 Å². The highest BCUT2D eigenvalue weighted by molar-refractivity contribution is 5.91. The van der Waals surface area contributed by atoms with Crippen LogP contribution in [-0.4, -0.2) is 23.6 Å². The Morgan fingerprint density at radius 2 is 2.00 bits per heavy atom. The van der Waals surface area contributed by atoms with Crippen molar-refractivity contribution in [2.75, 3.05) is 11.9 Å². The van der Waals surface area contributed by atoms with Gasteiger partial charge in [0.2, 0.25) is 5.91 Å².